The summed E-state index contributed by atoms with van der Waals surface area (Å²) in [5, 5.41) is 192. The largest absolute Gasteiger partial charge is 0.394 e. The van der Waals surface area contributed by atoms with Crippen molar-refractivity contribution in [1.29, 1.82) is 0 Å². The van der Waals surface area contributed by atoms with Crippen molar-refractivity contribution < 1.29 is 163 Å². The van der Waals surface area contributed by atoms with E-state index >= 15 is 0 Å². The summed E-state index contributed by atoms with van der Waals surface area (Å²) in [6.45, 7) is -6.90. The SMILES string of the molecule is N[C@H]1[C@H](O[C@H]2[C@H](O)[C@@H](N)[C@H](O[C@H]3[C@H](O)[C@@H](N)[C@H](O[C@H]4[C@H](O)[C@@H](N)[C@H](O[C@H]5[C@H](O)[C@@H](N)[C@H](O[C@H]6[C@H](O)[C@@H](N)[C@H](O[C@H]7[C@H](O)[C@@H](N)[C@H](O[C@H]8[C@H](O)[C@@H](N)C(O)O[C@@H]8CO)O[C@@H]7CO)O[C@@H]6CO)O[C@@H]5CO)O[C@@H]4CO)O[C@@H]3CO)O[C@@H]2CO)O[C@H](CO)[C@@H](O)[C@@H]1O. The minimum Gasteiger partial charge on any atom is -0.394 e. The van der Waals surface area contributed by atoms with E-state index in [1.54, 1.807) is 0 Å². The third kappa shape index (κ3) is 15.0. The topological polar surface area (TPSA) is 711 Å². The van der Waals surface area contributed by atoms with Crippen molar-refractivity contribution >= 4 is 0 Å². The van der Waals surface area contributed by atoms with Gasteiger partial charge in [0.05, 0.1) is 101 Å². The molecule has 0 aromatic heterocycles. The number of aliphatic hydroxyl groups is 18. The van der Waals surface area contributed by atoms with E-state index in [0.29, 0.717) is 0 Å². The average molecular weight is 1310 g/mol. The van der Waals surface area contributed by atoms with Crippen molar-refractivity contribution in [3.8, 4) is 0 Å². The molecule has 0 saturated carbocycles. The molecule has 8 aliphatic rings. The number of hydrogen-bond acceptors (Lipinski definition) is 41. The van der Waals surface area contributed by atoms with Crippen molar-refractivity contribution in [2.24, 2.45) is 45.9 Å². The molecular formula is C48H90N8O33. The number of rotatable bonds is 22. The fourth-order valence-corrected chi connectivity index (χ4v) is 11.8. The van der Waals surface area contributed by atoms with Crippen LogP contribution in [0.5, 0.6) is 0 Å². The van der Waals surface area contributed by atoms with Crippen LogP contribution in [0.4, 0.5) is 0 Å². The molecule has 41 nitrogen and oxygen atoms in total. The molecule has 8 aliphatic heterocycles. The fraction of sp³-hybridized carbons (Fsp3) is 1.00. The normalized spacial score (nSPS) is 53.6. The molecule has 0 radical (unpaired) electrons. The van der Waals surface area contributed by atoms with Gasteiger partial charge < -0.3 is 209 Å². The fourth-order valence-electron chi connectivity index (χ4n) is 11.8. The summed E-state index contributed by atoms with van der Waals surface area (Å²) in [5.41, 5.74) is 49.9. The number of aliphatic hydroxyl groups excluding tert-OH is 18. The summed E-state index contributed by atoms with van der Waals surface area (Å²) in [6.07, 6.45) is -52.2. The molecule has 8 heterocycles. The lowest BCUT2D eigenvalue weighted by Gasteiger charge is -2.51. The van der Waals surface area contributed by atoms with Crippen molar-refractivity contribution in [3.05, 3.63) is 0 Å². The summed E-state index contributed by atoms with van der Waals surface area (Å²) in [5.74, 6) is 0. The Morgan fingerprint density at radius 2 is 0.360 bits per heavy atom. The van der Waals surface area contributed by atoms with E-state index in [1.165, 1.54) is 0 Å². The summed E-state index contributed by atoms with van der Waals surface area (Å²) in [6, 6.07) is -12.3. The zero-order valence-electron chi connectivity index (χ0n) is 47.5. The van der Waals surface area contributed by atoms with Crippen LogP contribution in [0.1, 0.15) is 0 Å². The monoisotopic (exact) mass is 1310 g/mol. The minimum atomic E-state index is -1.87. The molecule has 8 saturated heterocycles. The first-order valence-corrected chi connectivity index (χ1v) is 28.8. The quantitative estimate of drug-likeness (QED) is 0.0479. The molecule has 0 aromatic carbocycles. The van der Waals surface area contributed by atoms with Crippen molar-refractivity contribution in [2.75, 3.05) is 52.9 Å². The predicted molar refractivity (Wildman–Crippen MR) is 280 cm³/mol. The lowest BCUT2D eigenvalue weighted by Crippen LogP contribution is -2.71. The molecule has 89 heavy (non-hydrogen) atoms. The van der Waals surface area contributed by atoms with Gasteiger partial charge in [-0.15, -0.1) is 0 Å². The van der Waals surface area contributed by atoms with Gasteiger partial charge in [0, 0.05) is 0 Å². The van der Waals surface area contributed by atoms with Gasteiger partial charge in [-0.25, -0.2) is 0 Å². The summed E-state index contributed by atoms with van der Waals surface area (Å²) < 4.78 is 87.2. The molecule has 520 valence electrons. The highest BCUT2D eigenvalue weighted by atomic mass is 16.8. The Balaban J connectivity index is 0.850. The molecule has 8 rings (SSSR count). The molecule has 0 spiro atoms. The van der Waals surface area contributed by atoms with Crippen LogP contribution in [0.3, 0.4) is 0 Å². The maximum atomic E-state index is 11.6. The Hall–Kier alpha value is -1.64. The van der Waals surface area contributed by atoms with E-state index in [0.717, 1.165) is 0 Å². The Morgan fingerprint density at radius 1 is 0.202 bits per heavy atom. The molecule has 0 bridgehead atoms. The van der Waals surface area contributed by atoms with Crippen LogP contribution in [-0.4, -0.2) is 390 Å². The highest BCUT2D eigenvalue weighted by Gasteiger charge is 2.58. The Bertz CT molecular complexity index is 2150. The van der Waals surface area contributed by atoms with Gasteiger partial charge in [-0.2, -0.15) is 0 Å². The Kier molecular flexibility index (Phi) is 25.9. The molecule has 0 aromatic rings. The number of hydrogen-bond donors (Lipinski definition) is 26. The van der Waals surface area contributed by atoms with E-state index in [2.05, 4.69) is 0 Å². The van der Waals surface area contributed by atoms with Gasteiger partial charge in [0.2, 0.25) is 0 Å². The van der Waals surface area contributed by atoms with Crippen LogP contribution >= 0.6 is 0 Å². The van der Waals surface area contributed by atoms with Gasteiger partial charge in [0.1, 0.15) is 146 Å². The van der Waals surface area contributed by atoms with E-state index in [9.17, 15) is 91.9 Å². The van der Waals surface area contributed by atoms with Gasteiger partial charge >= 0.3 is 0 Å². The number of ether oxygens (including phenoxy) is 15. The lowest BCUT2D eigenvalue weighted by atomic mass is 9.93. The highest BCUT2D eigenvalue weighted by molar-refractivity contribution is 5.04. The first-order chi connectivity index (χ1) is 42.2. The Morgan fingerprint density at radius 3 is 0.551 bits per heavy atom. The lowest BCUT2D eigenvalue weighted by molar-refractivity contribution is -0.370. The van der Waals surface area contributed by atoms with Crippen LogP contribution in [0.25, 0.3) is 0 Å². The molecular weight excluding hydrogens is 1220 g/mol. The van der Waals surface area contributed by atoms with Crippen LogP contribution in [0.2, 0.25) is 0 Å². The minimum absolute atomic E-state index is 0.749. The second-order valence-electron chi connectivity index (χ2n) is 23.1. The zero-order chi connectivity index (χ0) is 65.4. The van der Waals surface area contributed by atoms with E-state index in [-0.39, 0.29) is 0 Å². The van der Waals surface area contributed by atoms with Crippen molar-refractivity contribution in [3.63, 3.8) is 0 Å². The maximum Gasteiger partial charge on any atom is 0.176 e. The smallest absolute Gasteiger partial charge is 0.176 e. The van der Waals surface area contributed by atoms with Crippen LogP contribution < -0.4 is 45.9 Å². The second kappa shape index (κ2) is 31.5. The average Bonchev–Trinajstić information content (AvgIpc) is 2.32. The predicted octanol–water partition coefficient (Wildman–Crippen LogP) is -18.7. The first kappa shape index (κ1) is 73.2. The van der Waals surface area contributed by atoms with Crippen LogP contribution in [-0.2, 0) is 71.1 Å². The molecule has 0 amide bonds. The van der Waals surface area contributed by atoms with E-state index < -0.39 is 298 Å². The van der Waals surface area contributed by atoms with Crippen LogP contribution in [0.15, 0.2) is 0 Å². The van der Waals surface area contributed by atoms with E-state index in [4.69, 9.17) is 117 Å². The van der Waals surface area contributed by atoms with Gasteiger partial charge in [0.15, 0.2) is 50.3 Å². The molecule has 40 atom stereocenters. The Labute approximate surface area is 506 Å². The summed E-state index contributed by atoms with van der Waals surface area (Å²) in [7, 11) is 0. The third-order valence-corrected chi connectivity index (χ3v) is 17.3. The highest BCUT2D eigenvalue weighted by Crippen LogP contribution is 2.37. The van der Waals surface area contributed by atoms with Gasteiger partial charge in [-0.1, -0.05) is 0 Å². The molecule has 34 N–H and O–H groups in total. The van der Waals surface area contributed by atoms with Gasteiger partial charge in [-0.3, -0.25) is 0 Å². The first-order valence-electron chi connectivity index (χ1n) is 28.8. The third-order valence-electron chi connectivity index (χ3n) is 17.3. The molecule has 0 aliphatic carbocycles. The number of nitrogens with two attached hydrogens (primary N) is 8. The second-order valence-corrected chi connectivity index (χ2v) is 23.1. The van der Waals surface area contributed by atoms with Gasteiger partial charge in [-0.05, 0) is 0 Å². The standard InChI is InChI=1S/C48H90N8O33/c49-17-27(67)34(10(2-58)75-41(17)74)83-43-19(51)29(69)36(12(4-60)77-43)85-45-21(53)31(71)38(14(6-62)79-45)87-47-23(55)33(73)40(16(8-64)81-47)89-48-24(56)32(72)39(15(7-63)82-48)88-46-22(54)30(70)37(13(5-61)80-46)86-44-20(52)28(68)35(11(3-59)78-44)84-42-18(50)26(66)25(65)9(1-57)76-42/h9-48,57-74H,1-8,49-56H2/t9-,10-,11-,12-,13-,14-,15-,16-,17-,18-,19-,20-,21-,22-,23-,24-,25-,26-,27-,28-,29-,30-,31-,32-,33-,34-,35-,36-,37-,38-,39-,40-,41?,42+,43+,44+,45+,46+,47+,48+/m1/s1. The van der Waals surface area contributed by atoms with Crippen LogP contribution in [0, 0.1) is 0 Å². The zero-order valence-corrected chi connectivity index (χ0v) is 47.5. The summed E-state index contributed by atoms with van der Waals surface area (Å²) >= 11 is 0. The molecule has 1 unspecified atom stereocenters. The van der Waals surface area contributed by atoms with Crippen molar-refractivity contribution in [1.82, 2.24) is 0 Å². The van der Waals surface area contributed by atoms with E-state index in [1.807, 2.05) is 0 Å². The summed E-state index contributed by atoms with van der Waals surface area (Å²) in [4.78, 5) is 0. The maximum absolute atomic E-state index is 11.6. The molecule has 8 fully saturated rings. The van der Waals surface area contributed by atoms with Crippen molar-refractivity contribution in [2.45, 2.75) is 245 Å². The van der Waals surface area contributed by atoms with Gasteiger partial charge in [0.25, 0.3) is 0 Å². The molecule has 41 heteroatoms.